The first-order chi connectivity index (χ1) is 5.93. The van der Waals surface area contributed by atoms with E-state index in [1.54, 1.807) is 0 Å². The molecule has 0 saturated carbocycles. The molecule has 12 heavy (non-hydrogen) atoms. The van der Waals surface area contributed by atoms with Crippen LogP contribution < -0.4 is 5.32 Å². The zero-order valence-corrected chi connectivity index (χ0v) is 7.64. The lowest BCUT2D eigenvalue weighted by atomic mass is 10.1. The maximum Gasteiger partial charge on any atom is -0.00518 e. The molecule has 0 bridgehead atoms. The van der Waals surface area contributed by atoms with Crippen molar-refractivity contribution in [1.82, 2.24) is 5.32 Å². The van der Waals surface area contributed by atoms with Crippen LogP contribution in [0.4, 0.5) is 0 Å². The lowest BCUT2D eigenvalue weighted by Crippen LogP contribution is -2.07. The summed E-state index contributed by atoms with van der Waals surface area (Å²) in [5, 5.41) is 3.15. The van der Waals surface area contributed by atoms with Gasteiger partial charge in [-0.15, -0.1) is 0 Å². The van der Waals surface area contributed by atoms with Gasteiger partial charge in [0.15, 0.2) is 0 Å². The highest BCUT2D eigenvalue weighted by Crippen LogP contribution is 2.03. The molecule has 1 radical (unpaired) electrons. The van der Waals surface area contributed by atoms with Gasteiger partial charge in [-0.05, 0) is 44.5 Å². The van der Waals surface area contributed by atoms with Crippen LogP contribution in [0.25, 0.3) is 0 Å². The summed E-state index contributed by atoms with van der Waals surface area (Å²) >= 11 is 0. The van der Waals surface area contributed by atoms with Crippen LogP contribution in [0, 0.1) is 6.07 Å². The lowest BCUT2D eigenvalue weighted by Gasteiger charge is -2.00. The van der Waals surface area contributed by atoms with Gasteiger partial charge >= 0.3 is 0 Å². The number of benzene rings is 1. The van der Waals surface area contributed by atoms with Gasteiger partial charge in [-0.1, -0.05) is 24.3 Å². The minimum absolute atomic E-state index is 1.12. The SMILES string of the molecule is CNCCCCc1cc[c]cc1. The molecule has 0 saturated heterocycles. The average molecular weight is 162 g/mol. The van der Waals surface area contributed by atoms with Crippen LogP contribution in [0.15, 0.2) is 24.3 Å². The summed E-state index contributed by atoms with van der Waals surface area (Å²) in [6.07, 6.45) is 3.72. The van der Waals surface area contributed by atoms with Crippen molar-refractivity contribution in [3.63, 3.8) is 0 Å². The van der Waals surface area contributed by atoms with Gasteiger partial charge in [-0.2, -0.15) is 0 Å². The van der Waals surface area contributed by atoms with E-state index in [2.05, 4.69) is 23.5 Å². The van der Waals surface area contributed by atoms with Crippen LogP contribution in [0.5, 0.6) is 0 Å². The summed E-state index contributed by atoms with van der Waals surface area (Å²) in [6, 6.07) is 11.3. The van der Waals surface area contributed by atoms with Crippen LogP contribution in [0.1, 0.15) is 18.4 Å². The van der Waals surface area contributed by atoms with Crippen molar-refractivity contribution in [2.75, 3.05) is 13.6 Å². The highest BCUT2D eigenvalue weighted by Gasteiger charge is 1.90. The van der Waals surface area contributed by atoms with Gasteiger partial charge in [0.25, 0.3) is 0 Å². The van der Waals surface area contributed by atoms with E-state index in [-0.39, 0.29) is 0 Å². The first kappa shape index (κ1) is 9.27. The van der Waals surface area contributed by atoms with E-state index in [4.69, 9.17) is 0 Å². The molecule has 65 valence electrons. The predicted molar refractivity (Wildman–Crippen MR) is 52.1 cm³/mol. The summed E-state index contributed by atoms with van der Waals surface area (Å²) in [5.41, 5.74) is 1.42. The molecule has 0 aliphatic carbocycles. The van der Waals surface area contributed by atoms with Crippen molar-refractivity contribution < 1.29 is 0 Å². The summed E-state index contributed by atoms with van der Waals surface area (Å²) in [6.45, 7) is 1.12. The second-order valence-electron chi connectivity index (χ2n) is 2.97. The van der Waals surface area contributed by atoms with E-state index in [0.29, 0.717) is 0 Å². The van der Waals surface area contributed by atoms with Crippen molar-refractivity contribution in [3.8, 4) is 0 Å². The fourth-order valence-corrected chi connectivity index (χ4v) is 1.22. The number of hydrogen-bond donors (Lipinski definition) is 1. The predicted octanol–water partition coefficient (Wildman–Crippen LogP) is 2.03. The van der Waals surface area contributed by atoms with Gasteiger partial charge in [0.05, 0.1) is 0 Å². The molecule has 1 N–H and O–H groups in total. The summed E-state index contributed by atoms with van der Waals surface area (Å²) < 4.78 is 0. The molecule has 0 aromatic heterocycles. The van der Waals surface area contributed by atoms with Crippen molar-refractivity contribution in [3.05, 3.63) is 35.9 Å². The molecule has 0 aliphatic heterocycles. The molecule has 1 aromatic rings. The number of nitrogens with one attached hydrogen (secondary N) is 1. The van der Waals surface area contributed by atoms with Gasteiger partial charge in [0, 0.05) is 0 Å². The molecular weight excluding hydrogens is 146 g/mol. The molecule has 0 unspecified atom stereocenters. The van der Waals surface area contributed by atoms with E-state index in [1.165, 1.54) is 24.8 Å². The molecule has 1 rings (SSSR count). The number of aryl methyl sites for hydroxylation is 1. The Morgan fingerprint density at radius 3 is 2.67 bits per heavy atom. The maximum atomic E-state index is 3.15. The average Bonchev–Trinajstić information content (AvgIpc) is 2.14. The van der Waals surface area contributed by atoms with Crippen molar-refractivity contribution >= 4 is 0 Å². The van der Waals surface area contributed by atoms with Crippen LogP contribution >= 0.6 is 0 Å². The Bertz CT molecular complexity index is 193. The monoisotopic (exact) mass is 162 g/mol. The van der Waals surface area contributed by atoms with E-state index in [0.717, 1.165) is 6.54 Å². The first-order valence-corrected chi connectivity index (χ1v) is 4.53. The fraction of sp³-hybridized carbons (Fsp3) is 0.455. The van der Waals surface area contributed by atoms with Crippen molar-refractivity contribution in [2.24, 2.45) is 0 Å². The highest BCUT2D eigenvalue weighted by atomic mass is 14.8. The highest BCUT2D eigenvalue weighted by molar-refractivity contribution is 5.13. The topological polar surface area (TPSA) is 12.0 Å². The lowest BCUT2D eigenvalue weighted by molar-refractivity contribution is 0.677. The van der Waals surface area contributed by atoms with Gasteiger partial charge in [-0.3, -0.25) is 0 Å². The molecular formula is C11H16N. The number of unbranched alkanes of at least 4 members (excludes halogenated alkanes) is 1. The zero-order valence-electron chi connectivity index (χ0n) is 7.64. The number of hydrogen-bond acceptors (Lipinski definition) is 1. The Labute approximate surface area is 74.8 Å². The fourth-order valence-electron chi connectivity index (χ4n) is 1.22. The van der Waals surface area contributed by atoms with Crippen LogP contribution in [0.3, 0.4) is 0 Å². The minimum atomic E-state index is 1.12. The molecule has 0 spiro atoms. The van der Waals surface area contributed by atoms with Crippen LogP contribution in [-0.2, 0) is 6.42 Å². The van der Waals surface area contributed by atoms with E-state index >= 15 is 0 Å². The molecule has 1 heteroatoms. The summed E-state index contributed by atoms with van der Waals surface area (Å²) in [4.78, 5) is 0. The standard InChI is InChI=1S/C11H16N/c1-12-10-6-5-9-11-7-3-2-4-8-11/h3-4,7-8,12H,5-6,9-10H2,1H3. The van der Waals surface area contributed by atoms with Crippen molar-refractivity contribution in [1.29, 1.82) is 0 Å². The molecule has 0 heterocycles. The largest absolute Gasteiger partial charge is 0.320 e. The van der Waals surface area contributed by atoms with E-state index < -0.39 is 0 Å². The molecule has 1 nitrogen and oxygen atoms in total. The first-order valence-electron chi connectivity index (χ1n) is 4.53. The molecule has 0 amide bonds. The Morgan fingerprint density at radius 2 is 2.00 bits per heavy atom. The van der Waals surface area contributed by atoms with E-state index in [1.807, 2.05) is 19.2 Å². The van der Waals surface area contributed by atoms with Gasteiger partial charge in [0.1, 0.15) is 0 Å². The third-order valence-electron chi connectivity index (χ3n) is 1.93. The van der Waals surface area contributed by atoms with Crippen LogP contribution in [-0.4, -0.2) is 13.6 Å². The summed E-state index contributed by atoms with van der Waals surface area (Å²) in [7, 11) is 2.00. The molecule has 0 aliphatic rings. The van der Waals surface area contributed by atoms with Gasteiger partial charge in [-0.25, -0.2) is 0 Å². The third kappa shape index (κ3) is 3.54. The third-order valence-corrected chi connectivity index (χ3v) is 1.93. The normalized spacial score (nSPS) is 10.1. The Morgan fingerprint density at radius 1 is 1.25 bits per heavy atom. The zero-order chi connectivity index (χ0) is 8.65. The van der Waals surface area contributed by atoms with E-state index in [9.17, 15) is 0 Å². The van der Waals surface area contributed by atoms with Crippen molar-refractivity contribution in [2.45, 2.75) is 19.3 Å². The Hall–Kier alpha value is -0.820. The van der Waals surface area contributed by atoms with Gasteiger partial charge < -0.3 is 5.32 Å². The second-order valence-corrected chi connectivity index (χ2v) is 2.97. The quantitative estimate of drug-likeness (QED) is 0.653. The maximum absolute atomic E-state index is 3.15. The molecule has 1 aromatic carbocycles. The molecule has 0 fully saturated rings. The smallest absolute Gasteiger partial charge is 0.00518 e. The Balaban J connectivity index is 2.16. The number of rotatable bonds is 5. The molecule has 0 atom stereocenters. The van der Waals surface area contributed by atoms with Gasteiger partial charge in [0.2, 0.25) is 0 Å². The second kappa shape index (κ2) is 5.78. The minimum Gasteiger partial charge on any atom is -0.320 e. The van der Waals surface area contributed by atoms with Crippen LogP contribution in [0.2, 0.25) is 0 Å². The Kier molecular flexibility index (Phi) is 4.47. The summed E-state index contributed by atoms with van der Waals surface area (Å²) in [5.74, 6) is 0.